The number of aromatic nitrogens is 1. The molecule has 1 aromatic carbocycles. The monoisotopic (exact) mass is 378 g/mol. The molecule has 0 radical (unpaired) electrons. The van der Waals surface area contributed by atoms with Crippen molar-refractivity contribution in [3.05, 3.63) is 59.4 Å². The largest absolute Gasteiger partial charge is 0.401 e. The number of hydrogen-bond acceptors (Lipinski definition) is 3. The van der Waals surface area contributed by atoms with E-state index in [1.54, 1.807) is 37.5 Å². The predicted molar refractivity (Wildman–Crippen MR) is 96.0 cm³/mol. The van der Waals surface area contributed by atoms with E-state index in [1.165, 1.54) is 9.80 Å². The van der Waals surface area contributed by atoms with Crippen LogP contribution in [-0.4, -0.2) is 40.6 Å². The molecule has 2 amide bonds. The molecule has 2 heterocycles. The molecule has 27 heavy (non-hydrogen) atoms. The average molecular weight is 378 g/mol. The number of amides is 2. The van der Waals surface area contributed by atoms with E-state index in [0.717, 1.165) is 16.8 Å². The second-order valence-corrected chi connectivity index (χ2v) is 6.68. The summed E-state index contributed by atoms with van der Waals surface area (Å²) in [6.07, 6.45) is -2.58. The van der Waals surface area contributed by atoms with E-state index in [-0.39, 0.29) is 25.2 Å². The minimum absolute atomic E-state index is 0.158. The summed E-state index contributed by atoms with van der Waals surface area (Å²) >= 11 is 0. The van der Waals surface area contributed by atoms with Crippen LogP contribution in [-0.2, 0) is 13.1 Å². The lowest BCUT2D eigenvalue weighted by Gasteiger charge is -2.25. The average Bonchev–Trinajstić information content (AvgIpc) is 3.02. The minimum atomic E-state index is -4.25. The molecule has 1 N–H and O–H groups in total. The summed E-state index contributed by atoms with van der Waals surface area (Å²) in [6.45, 7) is 1.28. The molecule has 0 fully saturated rings. The Balaban J connectivity index is 1.71. The van der Waals surface area contributed by atoms with Gasteiger partial charge in [-0.3, -0.25) is 9.88 Å². The van der Waals surface area contributed by atoms with Gasteiger partial charge < -0.3 is 10.2 Å². The van der Waals surface area contributed by atoms with Crippen LogP contribution in [0.3, 0.4) is 0 Å². The molecule has 0 saturated carbocycles. The number of carbonyl (C=O) groups excluding carboxylic acids is 1. The summed E-state index contributed by atoms with van der Waals surface area (Å²) in [4.78, 5) is 19.7. The van der Waals surface area contributed by atoms with Gasteiger partial charge in [-0.1, -0.05) is 18.2 Å². The van der Waals surface area contributed by atoms with E-state index in [9.17, 15) is 18.0 Å². The molecule has 144 valence electrons. The lowest BCUT2D eigenvalue weighted by atomic mass is 10.1. The topological polar surface area (TPSA) is 48.5 Å². The minimum Gasteiger partial charge on any atom is -0.319 e. The highest BCUT2D eigenvalue weighted by molar-refractivity contribution is 5.90. The molecule has 1 aliphatic heterocycles. The van der Waals surface area contributed by atoms with Crippen molar-refractivity contribution >= 4 is 11.7 Å². The van der Waals surface area contributed by atoms with Crippen LogP contribution >= 0.6 is 0 Å². The van der Waals surface area contributed by atoms with Crippen LogP contribution in [0, 0.1) is 0 Å². The Morgan fingerprint density at radius 2 is 2.04 bits per heavy atom. The van der Waals surface area contributed by atoms with Crippen molar-refractivity contribution in [2.75, 3.05) is 18.9 Å². The van der Waals surface area contributed by atoms with Crippen LogP contribution in [0.15, 0.2) is 42.6 Å². The first-order valence-corrected chi connectivity index (χ1v) is 8.59. The van der Waals surface area contributed by atoms with Gasteiger partial charge >= 0.3 is 12.2 Å². The van der Waals surface area contributed by atoms with Gasteiger partial charge in [0.2, 0.25) is 0 Å². The molecule has 1 unspecified atom stereocenters. The van der Waals surface area contributed by atoms with Crippen molar-refractivity contribution in [1.82, 2.24) is 14.8 Å². The van der Waals surface area contributed by atoms with Gasteiger partial charge in [0.1, 0.15) is 0 Å². The van der Waals surface area contributed by atoms with Crippen molar-refractivity contribution < 1.29 is 18.0 Å². The van der Waals surface area contributed by atoms with Gasteiger partial charge in [0, 0.05) is 32.0 Å². The first-order valence-electron chi connectivity index (χ1n) is 8.59. The molecule has 1 aromatic heterocycles. The van der Waals surface area contributed by atoms with Gasteiger partial charge in [0.15, 0.2) is 0 Å². The quantitative estimate of drug-likeness (QED) is 0.868. The number of benzene rings is 1. The molecule has 0 aliphatic carbocycles. The second-order valence-electron chi connectivity index (χ2n) is 6.68. The predicted octanol–water partition coefficient (Wildman–Crippen LogP) is 4.18. The molecule has 1 aliphatic rings. The van der Waals surface area contributed by atoms with Crippen LogP contribution in [0.25, 0.3) is 0 Å². The number of nitrogens with one attached hydrogen (secondary N) is 1. The zero-order chi connectivity index (χ0) is 19.6. The van der Waals surface area contributed by atoms with Crippen molar-refractivity contribution in [2.24, 2.45) is 0 Å². The summed E-state index contributed by atoms with van der Waals surface area (Å²) in [5, 5.41) is 2.83. The number of fused-ring (bicyclic) bond motifs is 1. The van der Waals surface area contributed by atoms with Gasteiger partial charge in [0.25, 0.3) is 0 Å². The summed E-state index contributed by atoms with van der Waals surface area (Å²) in [6, 6.07) is 10.2. The van der Waals surface area contributed by atoms with Crippen molar-refractivity contribution in [1.29, 1.82) is 0 Å². The van der Waals surface area contributed by atoms with Crippen LogP contribution in [0.2, 0.25) is 0 Å². The number of hydrogen-bond donors (Lipinski definition) is 1. The molecule has 5 nitrogen and oxygen atoms in total. The van der Waals surface area contributed by atoms with E-state index < -0.39 is 12.7 Å². The SMILES string of the molecule is CC(c1ccccn1)N(C)C(=O)Nc1cccc2c1CN(CC(F)(F)F)C2. The zero-order valence-corrected chi connectivity index (χ0v) is 15.1. The number of rotatable bonds is 4. The molecule has 2 aromatic rings. The normalized spacial score (nSPS) is 15.3. The van der Waals surface area contributed by atoms with E-state index in [1.807, 2.05) is 19.1 Å². The number of pyridine rings is 1. The number of nitrogens with zero attached hydrogens (tertiary/aromatic N) is 3. The third-order valence-corrected chi connectivity index (χ3v) is 4.71. The lowest BCUT2D eigenvalue weighted by Crippen LogP contribution is -2.34. The molecule has 1 atom stereocenters. The molecular weight excluding hydrogens is 357 g/mol. The smallest absolute Gasteiger partial charge is 0.319 e. The first-order chi connectivity index (χ1) is 12.7. The maximum atomic E-state index is 12.7. The van der Waals surface area contributed by atoms with Crippen LogP contribution < -0.4 is 5.32 Å². The Kier molecular flexibility index (Phi) is 5.36. The molecule has 0 spiro atoms. The number of carbonyl (C=O) groups is 1. The first kappa shape index (κ1) is 19.2. The Labute approximate surface area is 155 Å². The fraction of sp³-hybridized carbons (Fsp3) is 0.368. The Hall–Kier alpha value is -2.61. The van der Waals surface area contributed by atoms with E-state index in [4.69, 9.17) is 0 Å². The summed E-state index contributed by atoms with van der Waals surface area (Å²) in [5.41, 5.74) is 2.83. The summed E-state index contributed by atoms with van der Waals surface area (Å²) in [7, 11) is 1.66. The van der Waals surface area contributed by atoms with Crippen LogP contribution in [0.1, 0.15) is 29.8 Å². The van der Waals surface area contributed by atoms with Crippen LogP contribution in [0.5, 0.6) is 0 Å². The second kappa shape index (κ2) is 7.56. The number of anilines is 1. The molecule has 3 rings (SSSR count). The molecular formula is C19H21F3N4O. The van der Waals surface area contributed by atoms with Gasteiger partial charge in [-0.15, -0.1) is 0 Å². The number of halogens is 3. The maximum Gasteiger partial charge on any atom is 0.401 e. The Morgan fingerprint density at radius 1 is 1.26 bits per heavy atom. The number of alkyl halides is 3. The fourth-order valence-corrected chi connectivity index (χ4v) is 3.17. The van der Waals surface area contributed by atoms with Gasteiger partial charge in [-0.05, 0) is 36.2 Å². The van der Waals surface area contributed by atoms with E-state index in [0.29, 0.717) is 5.69 Å². The zero-order valence-electron chi connectivity index (χ0n) is 15.1. The Bertz CT molecular complexity index is 810. The highest BCUT2D eigenvalue weighted by Gasteiger charge is 2.34. The van der Waals surface area contributed by atoms with Crippen molar-refractivity contribution in [3.8, 4) is 0 Å². The van der Waals surface area contributed by atoms with E-state index >= 15 is 0 Å². The van der Waals surface area contributed by atoms with E-state index in [2.05, 4.69) is 10.3 Å². The standard InChI is InChI=1S/C19H21F3N4O/c1-13(16-7-3-4-9-23-16)25(2)18(27)24-17-8-5-6-14-10-26(11-15(14)17)12-19(20,21)22/h3-9,13H,10-12H2,1-2H3,(H,24,27). The Morgan fingerprint density at radius 3 is 2.70 bits per heavy atom. The maximum absolute atomic E-state index is 12.7. The molecule has 0 saturated heterocycles. The highest BCUT2D eigenvalue weighted by atomic mass is 19.4. The fourth-order valence-electron chi connectivity index (χ4n) is 3.17. The summed E-state index contributed by atoms with van der Waals surface area (Å²) < 4.78 is 38.0. The van der Waals surface area contributed by atoms with Gasteiger partial charge in [-0.25, -0.2) is 4.79 Å². The third-order valence-electron chi connectivity index (χ3n) is 4.71. The van der Waals surface area contributed by atoms with Crippen molar-refractivity contribution in [2.45, 2.75) is 32.2 Å². The lowest BCUT2D eigenvalue weighted by molar-refractivity contribution is -0.146. The molecule has 0 bridgehead atoms. The van der Waals surface area contributed by atoms with Crippen molar-refractivity contribution in [3.63, 3.8) is 0 Å². The van der Waals surface area contributed by atoms with Gasteiger partial charge in [0.05, 0.1) is 18.3 Å². The van der Waals surface area contributed by atoms with Crippen LogP contribution in [0.4, 0.5) is 23.7 Å². The summed E-state index contributed by atoms with van der Waals surface area (Å²) in [5.74, 6) is 0. The highest BCUT2D eigenvalue weighted by Crippen LogP contribution is 2.32. The molecule has 8 heteroatoms. The third kappa shape index (κ3) is 4.57. The number of urea groups is 1. The van der Waals surface area contributed by atoms with Gasteiger partial charge in [-0.2, -0.15) is 13.2 Å².